The molecule has 2 aromatic heterocycles. The van der Waals surface area contributed by atoms with Crippen LogP contribution in [0.3, 0.4) is 0 Å². The van der Waals surface area contributed by atoms with Gasteiger partial charge in [0.1, 0.15) is 0 Å². The highest BCUT2D eigenvalue weighted by Gasteiger charge is 2.53. The molecular weight excluding hydrogens is 336 g/mol. The topological polar surface area (TPSA) is 63.8 Å². The summed E-state index contributed by atoms with van der Waals surface area (Å²) in [5, 5.41) is 14.3. The van der Waals surface area contributed by atoms with Crippen LogP contribution < -0.4 is 0 Å². The Morgan fingerprint density at radius 2 is 1.85 bits per heavy atom. The van der Waals surface area contributed by atoms with Crippen molar-refractivity contribution in [2.75, 3.05) is 6.61 Å². The van der Waals surface area contributed by atoms with Crippen molar-refractivity contribution in [2.45, 2.75) is 50.5 Å². The fraction of sp³-hybridized carbons (Fsp3) is 0.500. The van der Waals surface area contributed by atoms with E-state index in [0.717, 1.165) is 16.7 Å². The first-order valence-corrected chi connectivity index (χ1v) is 10.2. The second kappa shape index (κ2) is 5.61. The smallest absolute Gasteiger partial charge is 0.0927 e. The van der Waals surface area contributed by atoms with Crippen LogP contribution in [0, 0.1) is 11.3 Å². The molecule has 1 spiro atoms. The largest absolute Gasteiger partial charge is 0.396 e. The van der Waals surface area contributed by atoms with E-state index in [2.05, 4.69) is 15.9 Å². The number of fused-ring (bicyclic) bond motifs is 1. The van der Waals surface area contributed by atoms with Crippen LogP contribution in [0.25, 0.3) is 22.3 Å². The van der Waals surface area contributed by atoms with Crippen LogP contribution in [0.2, 0.25) is 0 Å². The minimum absolute atomic E-state index is 0.352. The third kappa shape index (κ3) is 2.52. The van der Waals surface area contributed by atoms with Gasteiger partial charge in [0, 0.05) is 24.3 Å². The minimum atomic E-state index is 0.352. The second-order valence-electron chi connectivity index (χ2n) is 8.95. The number of aliphatic hydroxyl groups excluding tert-OH is 1. The van der Waals surface area contributed by atoms with Crippen molar-refractivity contribution in [1.82, 2.24) is 19.7 Å². The Balaban J connectivity index is 1.31. The van der Waals surface area contributed by atoms with Gasteiger partial charge in [-0.05, 0) is 62.0 Å². The highest BCUT2D eigenvalue weighted by Crippen LogP contribution is 2.62. The summed E-state index contributed by atoms with van der Waals surface area (Å²) in [6.45, 7) is 0.352. The first kappa shape index (κ1) is 15.8. The number of nitrogens with zero attached hydrogens (tertiary/aromatic N) is 4. The van der Waals surface area contributed by atoms with Crippen molar-refractivity contribution in [3.8, 4) is 11.3 Å². The lowest BCUT2D eigenvalue weighted by Crippen LogP contribution is -2.49. The van der Waals surface area contributed by atoms with Crippen molar-refractivity contribution >= 4 is 11.0 Å². The molecule has 3 aliphatic carbocycles. The molecule has 5 heteroatoms. The van der Waals surface area contributed by atoms with Gasteiger partial charge < -0.3 is 5.11 Å². The monoisotopic (exact) mass is 360 g/mol. The molecule has 0 radical (unpaired) electrons. The molecule has 0 saturated heterocycles. The molecule has 5 nitrogen and oxygen atoms in total. The predicted molar refractivity (Wildman–Crippen MR) is 103 cm³/mol. The summed E-state index contributed by atoms with van der Waals surface area (Å²) in [7, 11) is 0. The van der Waals surface area contributed by atoms with E-state index in [9.17, 15) is 5.11 Å². The summed E-state index contributed by atoms with van der Waals surface area (Å²) in [6, 6.07) is 8.54. The summed E-state index contributed by atoms with van der Waals surface area (Å²) in [4.78, 5) is 9.47. The van der Waals surface area contributed by atoms with Gasteiger partial charge in [0.05, 0.1) is 34.7 Å². The summed E-state index contributed by atoms with van der Waals surface area (Å²) in [5.41, 5.74) is 5.69. The minimum Gasteiger partial charge on any atom is -0.396 e. The molecule has 0 atom stereocenters. The van der Waals surface area contributed by atoms with Gasteiger partial charge in [-0.1, -0.05) is 12.1 Å². The fourth-order valence-corrected chi connectivity index (χ4v) is 5.29. The average Bonchev–Trinajstić information content (AvgIpc) is 3.39. The number of hydrogen-bond acceptors (Lipinski definition) is 4. The van der Waals surface area contributed by atoms with Crippen LogP contribution in [0.5, 0.6) is 0 Å². The van der Waals surface area contributed by atoms with Gasteiger partial charge in [0.25, 0.3) is 0 Å². The van der Waals surface area contributed by atoms with Crippen molar-refractivity contribution < 1.29 is 5.11 Å². The maximum Gasteiger partial charge on any atom is 0.0927 e. The van der Waals surface area contributed by atoms with Gasteiger partial charge in [0.2, 0.25) is 0 Å². The van der Waals surface area contributed by atoms with Gasteiger partial charge in [-0.15, -0.1) is 0 Å². The van der Waals surface area contributed by atoms with E-state index in [1.54, 1.807) is 0 Å². The molecule has 3 aliphatic rings. The van der Waals surface area contributed by atoms with Crippen LogP contribution in [-0.2, 0) is 0 Å². The summed E-state index contributed by atoms with van der Waals surface area (Å²) in [6.07, 6.45) is 11.4. The standard InChI is InChI=1S/C22H24N4O/c27-13-14-7-22(8-14)9-16(10-22)26-12-17(21(25-26)15-5-6-15)20-11-23-18-3-1-2-4-19(18)24-20/h1-4,11-12,14-16,27H,5-10,13H2. The molecule has 3 fully saturated rings. The molecule has 27 heavy (non-hydrogen) atoms. The summed E-state index contributed by atoms with van der Waals surface area (Å²) < 4.78 is 2.21. The molecule has 0 amide bonds. The summed E-state index contributed by atoms with van der Waals surface area (Å²) in [5.74, 6) is 1.13. The molecule has 1 N–H and O–H groups in total. The number of aromatic nitrogens is 4. The van der Waals surface area contributed by atoms with E-state index in [1.165, 1.54) is 49.8 Å². The second-order valence-corrected chi connectivity index (χ2v) is 8.95. The van der Waals surface area contributed by atoms with Gasteiger partial charge >= 0.3 is 0 Å². The van der Waals surface area contributed by atoms with Crippen LogP contribution in [0.1, 0.15) is 56.2 Å². The molecule has 0 unspecified atom stereocenters. The Hall–Kier alpha value is -2.27. The zero-order valence-corrected chi connectivity index (χ0v) is 15.4. The lowest BCUT2D eigenvalue weighted by molar-refractivity contribution is -0.0802. The number of aliphatic hydroxyl groups is 1. The average molecular weight is 360 g/mol. The molecule has 3 aromatic rings. The van der Waals surface area contributed by atoms with E-state index in [0.29, 0.717) is 29.9 Å². The van der Waals surface area contributed by atoms with Crippen LogP contribution in [0.15, 0.2) is 36.7 Å². The quantitative estimate of drug-likeness (QED) is 0.761. The number of rotatable bonds is 4. The van der Waals surface area contributed by atoms with E-state index < -0.39 is 0 Å². The van der Waals surface area contributed by atoms with Crippen molar-refractivity contribution in [2.24, 2.45) is 11.3 Å². The Morgan fingerprint density at radius 1 is 1.07 bits per heavy atom. The molecule has 1 aromatic carbocycles. The van der Waals surface area contributed by atoms with Gasteiger partial charge in [-0.2, -0.15) is 5.10 Å². The predicted octanol–water partition coefficient (Wildman–Crippen LogP) is 4.09. The molecule has 138 valence electrons. The normalized spacial score (nSPS) is 29.7. The maximum absolute atomic E-state index is 9.30. The Morgan fingerprint density at radius 3 is 2.59 bits per heavy atom. The number of para-hydroxylation sites is 2. The SMILES string of the molecule is OCC1CC2(C1)CC(n1cc(-c3cnc4ccccc4n3)c(C3CC3)n1)C2. The fourth-order valence-electron chi connectivity index (χ4n) is 5.29. The Kier molecular flexibility index (Phi) is 3.28. The van der Waals surface area contributed by atoms with E-state index >= 15 is 0 Å². The zero-order chi connectivity index (χ0) is 18.0. The zero-order valence-electron chi connectivity index (χ0n) is 15.4. The highest BCUT2D eigenvalue weighted by atomic mass is 16.3. The first-order chi connectivity index (χ1) is 13.2. The molecule has 3 saturated carbocycles. The van der Waals surface area contributed by atoms with Crippen LogP contribution >= 0.6 is 0 Å². The number of hydrogen-bond donors (Lipinski definition) is 1. The first-order valence-electron chi connectivity index (χ1n) is 10.2. The van der Waals surface area contributed by atoms with E-state index in [1.807, 2.05) is 30.5 Å². The molecular formula is C22H24N4O. The van der Waals surface area contributed by atoms with Crippen molar-refractivity contribution in [3.63, 3.8) is 0 Å². The number of benzene rings is 1. The van der Waals surface area contributed by atoms with Crippen LogP contribution in [0.4, 0.5) is 0 Å². The molecule has 2 heterocycles. The summed E-state index contributed by atoms with van der Waals surface area (Å²) >= 11 is 0. The molecule has 0 aliphatic heterocycles. The highest BCUT2D eigenvalue weighted by molar-refractivity contribution is 5.77. The Labute approximate surface area is 158 Å². The third-order valence-corrected chi connectivity index (χ3v) is 6.86. The van der Waals surface area contributed by atoms with Gasteiger partial charge in [-0.25, -0.2) is 4.98 Å². The third-order valence-electron chi connectivity index (χ3n) is 6.86. The van der Waals surface area contributed by atoms with Crippen molar-refractivity contribution in [3.05, 3.63) is 42.4 Å². The molecule has 0 bridgehead atoms. The van der Waals surface area contributed by atoms with Gasteiger partial charge in [-0.3, -0.25) is 9.67 Å². The lowest BCUT2D eigenvalue weighted by Gasteiger charge is -2.57. The van der Waals surface area contributed by atoms with Crippen molar-refractivity contribution in [1.29, 1.82) is 0 Å². The van der Waals surface area contributed by atoms with Gasteiger partial charge in [0.15, 0.2) is 0 Å². The van der Waals surface area contributed by atoms with E-state index in [4.69, 9.17) is 10.1 Å². The maximum atomic E-state index is 9.30. The lowest BCUT2D eigenvalue weighted by atomic mass is 9.50. The van der Waals surface area contributed by atoms with E-state index in [-0.39, 0.29) is 0 Å². The molecule has 6 rings (SSSR count). The Bertz CT molecular complexity index is 1010. The van der Waals surface area contributed by atoms with Crippen LogP contribution in [-0.4, -0.2) is 31.5 Å².